The maximum atomic E-state index is 12.4. The monoisotopic (exact) mass is 388 g/mol. The highest BCUT2D eigenvalue weighted by Crippen LogP contribution is 2.20. The van der Waals surface area contributed by atoms with Gasteiger partial charge in [-0.05, 0) is 44.0 Å². The SMILES string of the molecule is Cc1cc(C)cc(OCc2c(C(=O)NCCn3cc(Cl)cn3)noc2C)c1. The number of ether oxygens (including phenoxy) is 1. The molecule has 0 spiro atoms. The molecule has 0 saturated heterocycles. The van der Waals surface area contributed by atoms with Gasteiger partial charge in [0.15, 0.2) is 5.69 Å². The van der Waals surface area contributed by atoms with Crippen molar-refractivity contribution in [3.63, 3.8) is 0 Å². The fourth-order valence-electron chi connectivity index (χ4n) is 2.74. The second kappa shape index (κ2) is 8.26. The third kappa shape index (κ3) is 4.89. The lowest BCUT2D eigenvalue weighted by Crippen LogP contribution is -2.28. The smallest absolute Gasteiger partial charge is 0.273 e. The first kappa shape index (κ1) is 19.0. The molecule has 1 amide bonds. The van der Waals surface area contributed by atoms with E-state index in [9.17, 15) is 4.79 Å². The van der Waals surface area contributed by atoms with Crippen LogP contribution in [0, 0.1) is 20.8 Å². The molecule has 0 aliphatic rings. The summed E-state index contributed by atoms with van der Waals surface area (Å²) in [5.41, 5.74) is 3.09. The van der Waals surface area contributed by atoms with Crippen LogP contribution in [0.25, 0.3) is 0 Å². The van der Waals surface area contributed by atoms with Gasteiger partial charge >= 0.3 is 0 Å². The summed E-state index contributed by atoms with van der Waals surface area (Å²) in [6, 6.07) is 5.97. The standard InChI is InChI=1S/C19H21ClN4O3/c1-12-6-13(2)8-16(7-12)26-11-17-14(3)27-23-18(17)19(25)21-4-5-24-10-15(20)9-22-24/h6-10H,4-5,11H2,1-3H3,(H,21,25). The van der Waals surface area contributed by atoms with Crippen molar-refractivity contribution in [2.24, 2.45) is 0 Å². The summed E-state index contributed by atoms with van der Waals surface area (Å²) in [4.78, 5) is 12.4. The maximum Gasteiger partial charge on any atom is 0.273 e. The van der Waals surface area contributed by atoms with Gasteiger partial charge in [-0.3, -0.25) is 9.48 Å². The van der Waals surface area contributed by atoms with Crippen molar-refractivity contribution in [2.75, 3.05) is 6.54 Å². The van der Waals surface area contributed by atoms with Crippen LogP contribution in [0.5, 0.6) is 5.75 Å². The number of aromatic nitrogens is 3. The Bertz CT molecular complexity index is 928. The third-order valence-electron chi connectivity index (χ3n) is 4.01. The Morgan fingerprint density at radius 2 is 2.00 bits per heavy atom. The van der Waals surface area contributed by atoms with Gasteiger partial charge < -0.3 is 14.6 Å². The molecule has 142 valence electrons. The van der Waals surface area contributed by atoms with Gasteiger partial charge in [0.1, 0.15) is 18.1 Å². The number of carbonyl (C=O) groups is 1. The van der Waals surface area contributed by atoms with E-state index < -0.39 is 0 Å². The first-order valence-electron chi connectivity index (χ1n) is 8.55. The van der Waals surface area contributed by atoms with E-state index in [0.29, 0.717) is 29.4 Å². The summed E-state index contributed by atoms with van der Waals surface area (Å²) in [6.45, 7) is 6.88. The largest absolute Gasteiger partial charge is 0.489 e. The predicted molar refractivity (Wildman–Crippen MR) is 101 cm³/mol. The molecule has 0 unspecified atom stereocenters. The number of amides is 1. The van der Waals surface area contributed by atoms with Crippen LogP contribution >= 0.6 is 11.6 Å². The van der Waals surface area contributed by atoms with Gasteiger partial charge in [-0.15, -0.1) is 0 Å². The van der Waals surface area contributed by atoms with Crippen LogP contribution in [0.4, 0.5) is 0 Å². The number of hydrogen-bond donors (Lipinski definition) is 1. The van der Waals surface area contributed by atoms with Gasteiger partial charge in [0.25, 0.3) is 5.91 Å². The first-order chi connectivity index (χ1) is 12.9. The maximum absolute atomic E-state index is 12.4. The average molecular weight is 389 g/mol. The lowest BCUT2D eigenvalue weighted by molar-refractivity contribution is 0.0940. The van der Waals surface area contributed by atoms with Crippen LogP contribution < -0.4 is 10.1 Å². The van der Waals surface area contributed by atoms with E-state index >= 15 is 0 Å². The van der Waals surface area contributed by atoms with Crippen LogP contribution in [0.15, 0.2) is 35.1 Å². The van der Waals surface area contributed by atoms with Crippen LogP contribution in [0.2, 0.25) is 5.02 Å². The van der Waals surface area contributed by atoms with Gasteiger partial charge in [-0.2, -0.15) is 5.10 Å². The molecule has 0 fully saturated rings. The quantitative estimate of drug-likeness (QED) is 0.670. The summed E-state index contributed by atoms with van der Waals surface area (Å²) in [5.74, 6) is 0.988. The molecule has 1 N–H and O–H groups in total. The molecule has 0 radical (unpaired) electrons. The molecule has 0 atom stereocenters. The zero-order chi connectivity index (χ0) is 19.4. The Kier molecular flexibility index (Phi) is 5.81. The van der Waals surface area contributed by atoms with E-state index in [1.165, 1.54) is 0 Å². The summed E-state index contributed by atoms with van der Waals surface area (Å²) >= 11 is 5.82. The predicted octanol–water partition coefficient (Wildman–Crippen LogP) is 3.46. The van der Waals surface area contributed by atoms with Gasteiger partial charge in [-0.1, -0.05) is 22.8 Å². The van der Waals surface area contributed by atoms with E-state index in [2.05, 4.69) is 21.6 Å². The number of rotatable bonds is 7. The lowest BCUT2D eigenvalue weighted by atomic mass is 10.1. The van der Waals surface area contributed by atoms with Crippen molar-refractivity contribution in [3.8, 4) is 5.75 Å². The van der Waals surface area contributed by atoms with E-state index in [4.69, 9.17) is 20.9 Å². The molecule has 7 nitrogen and oxygen atoms in total. The van der Waals surface area contributed by atoms with Crippen LogP contribution in [-0.2, 0) is 13.2 Å². The molecule has 0 saturated carbocycles. The number of carbonyl (C=O) groups excluding carboxylic acids is 1. The van der Waals surface area contributed by atoms with Gasteiger partial charge in [0.2, 0.25) is 0 Å². The molecule has 1 aromatic carbocycles. The normalized spacial score (nSPS) is 10.8. The van der Waals surface area contributed by atoms with Crippen LogP contribution in [-0.4, -0.2) is 27.4 Å². The first-order valence-corrected chi connectivity index (χ1v) is 8.92. The Hall–Kier alpha value is -2.80. The van der Waals surface area contributed by atoms with E-state index in [1.54, 1.807) is 24.0 Å². The van der Waals surface area contributed by atoms with Crippen molar-refractivity contribution in [3.05, 3.63) is 63.8 Å². The van der Waals surface area contributed by atoms with Gasteiger partial charge in [0.05, 0.1) is 23.3 Å². The van der Waals surface area contributed by atoms with Crippen molar-refractivity contribution in [1.82, 2.24) is 20.3 Å². The number of hydrogen-bond acceptors (Lipinski definition) is 5. The van der Waals surface area contributed by atoms with E-state index in [0.717, 1.165) is 16.9 Å². The number of nitrogens with one attached hydrogen (secondary N) is 1. The number of nitrogens with zero attached hydrogens (tertiary/aromatic N) is 3. The molecular weight excluding hydrogens is 368 g/mol. The number of halogens is 1. The Labute approximate surface area is 162 Å². The van der Waals surface area contributed by atoms with Crippen molar-refractivity contribution in [2.45, 2.75) is 33.9 Å². The van der Waals surface area contributed by atoms with E-state index in [1.807, 2.05) is 26.0 Å². The minimum absolute atomic E-state index is 0.204. The summed E-state index contributed by atoms with van der Waals surface area (Å²) in [5, 5.41) is 11.3. The molecule has 27 heavy (non-hydrogen) atoms. The van der Waals surface area contributed by atoms with Crippen LogP contribution in [0.1, 0.15) is 32.9 Å². The molecule has 3 rings (SSSR count). The fourth-order valence-corrected chi connectivity index (χ4v) is 2.90. The van der Waals surface area contributed by atoms with Crippen molar-refractivity contribution >= 4 is 17.5 Å². The van der Waals surface area contributed by atoms with Crippen molar-refractivity contribution in [1.29, 1.82) is 0 Å². The molecule has 0 aliphatic carbocycles. The Morgan fingerprint density at radius 1 is 1.26 bits per heavy atom. The Morgan fingerprint density at radius 3 is 2.67 bits per heavy atom. The zero-order valence-electron chi connectivity index (χ0n) is 15.5. The second-order valence-electron chi connectivity index (χ2n) is 6.36. The molecule has 2 aromatic heterocycles. The molecule has 0 aliphatic heterocycles. The minimum Gasteiger partial charge on any atom is -0.489 e. The van der Waals surface area contributed by atoms with Crippen molar-refractivity contribution < 1.29 is 14.1 Å². The summed E-state index contributed by atoms with van der Waals surface area (Å²) in [6.07, 6.45) is 3.24. The molecule has 3 aromatic rings. The van der Waals surface area contributed by atoms with Gasteiger partial charge in [0, 0.05) is 12.7 Å². The minimum atomic E-state index is -0.316. The topological polar surface area (TPSA) is 82.2 Å². The van der Waals surface area contributed by atoms with Gasteiger partial charge in [-0.25, -0.2) is 0 Å². The second-order valence-corrected chi connectivity index (χ2v) is 6.79. The molecule has 0 bridgehead atoms. The molecular formula is C19H21ClN4O3. The number of benzene rings is 1. The molecule has 2 heterocycles. The highest BCUT2D eigenvalue weighted by molar-refractivity contribution is 6.30. The Balaban J connectivity index is 1.61. The third-order valence-corrected chi connectivity index (χ3v) is 4.20. The number of aryl methyl sites for hydroxylation is 3. The lowest BCUT2D eigenvalue weighted by Gasteiger charge is -2.09. The highest BCUT2D eigenvalue weighted by atomic mass is 35.5. The zero-order valence-corrected chi connectivity index (χ0v) is 16.2. The van der Waals surface area contributed by atoms with Crippen LogP contribution in [0.3, 0.4) is 0 Å². The molecule has 8 heteroatoms. The fraction of sp³-hybridized carbons (Fsp3) is 0.316. The average Bonchev–Trinajstić information content (AvgIpc) is 3.18. The van der Waals surface area contributed by atoms with E-state index in [-0.39, 0.29) is 18.2 Å². The summed E-state index contributed by atoms with van der Waals surface area (Å²) in [7, 11) is 0. The summed E-state index contributed by atoms with van der Waals surface area (Å²) < 4.78 is 12.7. The highest BCUT2D eigenvalue weighted by Gasteiger charge is 2.20.